The number of halogens is 1. The topological polar surface area (TPSA) is 81.8 Å². The standard InChI is InChI=1S/C20H29FN4O3/c1-3-5-18(19(27)25-11-4-10-24(12-13-25)15(2)26)23-20(28)22-14-16-6-8-17(21)9-7-16/h6-9,18H,3-5,10-14H2,1-2H3,(H2,22,23,28). The number of hydrogen-bond acceptors (Lipinski definition) is 3. The lowest BCUT2D eigenvalue weighted by molar-refractivity contribution is -0.134. The first-order valence-corrected chi connectivity index (χ1v) is 9.73. The third-order valence-corrected chi connectivity index (χ3v) is 4.80. The fourth-order valence-corrected chi connectivity index (χ4v) is 3.21. The van der Waals surface area contributed by atoms with Gasteiger partial charge in [-0.1, -0.05) is 25.5 Å². The molecule has 0 aromatic heterocycles. The van der Waals surface area contributed by atoms with Crippen LogP contribution in [-0.2, 0) is 16.1 Å². The first-order chi connectivity index (χ1) is 13.4. The molecule has 1 atom stereocenters. The molecule has 2 rings (SSSR count). The van der Waals surface area contributed by atoms with E-state index in [0.29, 0.717) is 32.6 Å². The highest BCUT2D eigenvalue weighted by atomic mass is 19.1. The zero-order chi connectivity index (χ0) is 20.5. The molecule has 1 aliphatic heterocycles. The summed E-state index contributed by atoms with van der Waals surface area (Å²) in [6, 6.07) is 4.83. The molecule has 0 bridgehead atoms. The van der Waals surface area contributed by atoms with Crippen LogP contribution in [0, 0.1) is 5.82 Å². The number of benzene rings is 1. The van der Waals surface area contributed by atoms with Gasteiger partial charge in [0.15, 0.2) is 0 Å². The number of amides is 4. The second-order valence-electron chi connectivity index (χ2n) is 6.98. The van der Waals surface area contributed by atoms with Crippen molar-refractivity contribution in [3.63, 3.8) is 0 Å². The lowest BCUT2D eigenvalue weighted by Crippen LogP contribution is -2.51. The summed E-state index contributed by atoms with van der Waals surface area (Å²) < 4.78 is 12.9. The van der Waals surface area contributed by atoms with E-state index in [9.17, 15) is 18.8 Å². The second kappa shape index (κ2) is 10.6. The Balaban J connectivity index is 1.89. The van der Waals surface area contributed by atoms with Gasteiger partial charge in [0, 0.05) is 39.6 Å². The van der Waals surface area contributed by atoms with Gasteiger partial charge in [0.2, 0.25) is 11.8 Å². The summed E-state index contributed by atoms with van der Waals surface area (Å²) >= 11 is 0. The van der Waals surface area contributed by atoms with Crippen LogP contribution >= 0.6 is 0 Å². The molecule has 1 unspecified atom stereocenters. The third-order valence-electron chi connectivity index (χ3n) is 4.80. The highest BCUT2D eigenvalue weighted by molar-refractivity contribution is 5.87. The molecule has 154 valence electrons. The highest BCUT2D eigenvalue weighted by Gasteiger charge is 2.27. The lowest BCUT2D eigenvalue weighted by Gasteiger charge is -2.27. The minimum Gasteiger partial charge on any atom is -0.341 e. The van der Waals surface area contributed by atoms with E-state index >= 15 is 0 Å². The summed E-state index contributed by atoms with van der Waals surface area (Å²) in [4.78, 5) is 40.2. The Morgan fingerprint density at radius 2 is 1.71 bits per heavy atom. The van der Waals surface area contributed by atoms with Gasteiger partial charge in [0.05, 0.1) is 0 Å². The Morgan fingerprint density at radius 1 is 1.07 bits per heavy atom. The maximum absolute atomic E-state index is 12.9. The number of urea groups is 1. The minimum absolute atomic E-state index is 0.0118. The summed E-state index contributed by atoms with van der Waals surface area (Å²) in [5, 5.41) is 5.46. The molecule has 0 saturated carbocycles. The van der Waals surface area contributed by atoms with Crippen LogP contribution < -0.4 is 10.6 Å². The molecule has 1 aromatic carbocycles. The molecule has 1 aliphatic rings. The molecule has 1 saturated heterocycles. The smallest absolute Gasteiger partial charge is 0.315 e. The van der Waals surface area contributed by atoms with E-state index in [4.69, 9.17) is 0 Å². The number of nitrogens with one attached hydrogen (secondary N) is 2. The summed E-state index contributed by atoms with van der Waals surface area (Å²) in [5.41, 5.74) is 0.770. The normalized spacial score (nSPS) is 15.5. The van der Waals surface area contributed by atoms with Gasteiger partial charge in [0.1, 0.15) is 11.9 Å². The molecule has 0 spiro atoms. The second-order valence-corrected chi connectivity index (χ2v) is 6.98. The van der Waals surface area contributed by atoms with E-state index in [1.165, 1.54) is 19.1 Å². The van der Waals surface area contributed by atoms with E-state index in [-0.39, 0.29) is 24.2 Å². The van der Waals surface area contributed by atoms with Crippen molar-refractivity contribution in [2.75, 3.05) is 26.2 Å². The molecule has 8 heteroatoms. The van der Waals surface area contributed by atoms with E-state index in [1.807, 2.05) is 6.92 Å². The molecule has 0 radical (unpaired) electrons. The van der Waals surface area contributed by atoms with Crippen molar-refractivity contribution in [1.29, 1.82) is 0 Å². The fourth-order valence-electron chi connectivity index (χ4n) is 3.21. The van der Waals surface area contributed by atoms with Gasteiger partial charge in [-0.05, 0) is 30.5 Å². The van der Waals surface area contributed by atoms with Crippen molar-refractivity contribution >= 4 is 17.8 Å². The summed E-state index contributed by atoms with van der Waals surface area (Å²) in [6.07, 6.45) is 2.01. The first kappa shape index (κ1) is 21.7. The molecule has 0 aliphatic carbocycles. The number of carbonyl (C=O) groups is 3. The van der Waals surface area contributed by atoms with Gasteiger partial charge in [-0.25, -0.2) is 9.18 Å². The molecular weight excluding hydrogens is 363 g/mol. The van der Waals surface area contributed by atoms with Gasteiger partial charge in [0.25, 0.3) is 0 Å². The van der Waals surface area contributed by atoms with Crippen molar-refractivity contribution in [3.05, 3.63) is 35.6 Å². The SMILES string of the molecule is CCCC(NC(=O)NCc1ccc(F)cc1)C(=O)N1CCCN(C(C)=O)CC1. The minimum atomic E-state index is -0.609. The van der Waals surface area contributed by atoms with Gasteiger partial charge < -0.3 is 20.4 Å². The Bertz CT molecular complexity index is 681. The number of carbonyl (C=O) groups excluding carboxylic acids is 3. The maximum Gasteiger partial charge on any atom is 0.315 e. The van der Waals surface area contributed by atoms with Crippen LogP contribution in [0.5, 0.6) is 0 Å². The molecular formula is C20H29FN4O3. The average molecular weight is 392 g/mol. The average Bonchev–Trinajstić information content (AvgIpc) is 2.93. The predicted molar refractivity (Wildman–Crippen MR) is 104 cm³/mol. The van der Waals surface area contributed by atoms with E-state index in [0.717, 1.165) is 18.4 Å². The number of nitrogens with zero attached hydrogens (tertiary/aromatic N) is 2. The highest BCUT2D eigenvalue weighted by Crippen LogP contribution is 2.09. The van der Waals surface area contributed by atoms with Crippen LogP contribution in [0.3, 0.4) is 0 Å². The van der Waals surface area contributed by atoms with Crippen molar-refractivity contribution in [2.45, 2.75) is 45.7 Å². The summed E-state index contributed by atoms with van der Waals surface area (Å²) in [6.45, 7) is 5.93. The zero-order valence-corrected chi connectivity index (χ0v) is 16.5. The van der Waals surface area contributed by atoms with Gasteiger partial charge in [-0.3, -0.25) is 9.59 Å². The predicted octanol–water partition coefficient (Wildman–Crippen LogP) is 1.87. The van der Waals surface area contributed by atoms with Crippen LogP contribution in [-0.4, -0.2) is 59.9 Å². The Kier molecular flexibility index (Phi) is 8.22. The number of hydrogen-bond donors (Lipinski definition) is 2. The quantitative estimate of drug-likeness (QED) is 0.776. The molecule has 28 heavy (non-hydrogen) atoms. The van der Waals surface area contributed by atoms with Crippen molar-refractivity contribution < 1.29 is 18.8 Å². The van der Waals surface area contributed by atoms with Gasteiger partial charge in [-0.2, -0.15) is 0 Å². The molecule has 1 heterocycles. The maximum atomic E-state index is 12.9. The zero-order valence-electron chi connectivity index (χ0n) is 16.5. The monoisotopic (exact) mass is 392 g/mol. The Morgan fingerprint density at radius 3 is 2.36 bits per heavy atom. The van der Waals surface area contributed by atoms with E-state index < -0.39 is 12.1 Å². The van der Waals surface area contributed by atoms with Crippen LogP contribution in [0.1, 0.15) is 38.7 Å². The molecule has 1 fully saturated rings. The molecule has 4 amide bonds. The third kappa shape index (κ3) is 6.51. The summed E-state index contributed by atoms with van der Waals surface area (Å²) in [7, 11) is 0. The van der Waals surface area contributed by atoms with Crippen LogP contribution in [0.15, 0.2) is 24.3 Å². The summed E-state index contributed by atoms with van der Waals surface area (Å²) in [5.74, 6) is -0.440. The van der Waals surface area contributed by atoms with Gasteiger partial charge in [-0.15, -0.1) is 0 Å². The van der Waals surface area contributed by atoms with E-state index in [1.54, 1.807) is 21.9 Å². The fraction of sp³-hybridized carbons (Fsp3) is 0.550. The molecule has 1 aromatic rings. The molecule has 2 N–H and O–H groups in total. The van der Waals surface area contributed by atoms with Crippen molar-refractivity contribution in [1.82, 2.24) is 20.4 Å². The first-order valence-electron chi connectivity index (χ1n) is 9.73. The lowest BCUT2D eigenvalue weighted by atomic mass is 10.1. The largest absolute Gasteiger partial charge is 0.341 e. The molecule has 7 nitrogen and oxygen atoms in total. The van der Waals surface area contributed by atoms with Crippen LogP contribution in [0.2, 0.25) is 0 Å². The van der Waals surface area contributed by atoms with Crippen LogP contribution in [0.25, 0.3) is 0 Å². The number of rotatable bonds is 6. The van der Waals surface area contributed by atoms with Crippen LogP contribution in [0.4, 0.5) is 9.18 Å². The van der Waals surface area contributed by atoms with Crippen molar-refractivity contribution in [3.8, 4) is 0 Å². The van der Waals surface area contributed by atoms with Gasteiger partial charge >= 0.3 is 6.03 Å². The van der Waals surface area contributed by atoms with Crippen molar-refractivity contribution in [2.24, 2.45) is 0 Å². The Labute approximate surface area is 165 Å². The Hall–Kier alpha value is -2.64. The van der Waals surface area contributed by atoms with E-state index in [2.05, 4.69) is 10.6 Å².